The lowest BCUT2D eigenvalue weighted by atomic mass is 10.0. The number of carbonyl (C=O) groups excluding carboxylic acids is 2. The summed E-state index contributed by atoms with van der Waals surface area (Å²) >= 11 is 7.66. The number of thioether (sulfide) groups is 1. The van der Waals surface area contributed by atoms with Crippen molar-refractivity contribution in [3.05, 3.63) is 106 Å². The second-order valence-corrected chi connectivity index (χ2v) is 10.4. The smallest absolute Gasteiger partial charge is 0.243 e. The molecule has 4 nitrogen and oxygen atoms in total. The van der Waals surface area contributed by atoms with E-state index in [4.69, 9.17) is 11.6 Å². The summed E-state index contributed by atoms with van der Waals surface area (Å²) < 4.78 is 0. The van der Waals surface area contributed by atoms with Gasteiger partial charge >= 0.3 is 0 Å². The van der Waals surface area contributed by atoms with Gasteiger partial charge in [-0.25, -0.2) is 0 Å². The zero-order valence-electron chi connectivity index (χ0n) is 21.1. The number of nitrogens with one attached hydrogen (secondary N) is 1. The molecule has 0 spiro atoms. The molecule has 0 aromatic heterocycles. The maximum Gasteiger partial charge on any atom is 0.243 e. The first-order valence-electron chi connectivity index (χ1n) is 12.4. The average Bonchev–Trinajstić information content (AvgIpc) is 2.87. The summed E-state index contributed by atoms with van der Waals surface area (Å²) in [6.07, 6.45) is 2.37. The van der Waals surface area contributed by atoms with E-state index < -0.39 is 6.04 Å². The van der Waals surface area contributed by atoms with Crippen molar-refractivity contribution in [3.8, 4) is 0 Å². The summed E-state index contributed by atoms with van der Waals surface area (Å²) in [5.41, 5.74) is 4.25. The van der Waals surface area contributed by atoms with Crippen molar-refractivity contribution < 1.29 is 9.59 Å². The predicted molar refractivity (Wildman–Crippen MR) is 151 cm³/mol. The highest BCUT2D eigenvalue weighted by molar-refractivity contribution is 7.99. The van der Waals surface area contributed by atoms with Gasteiger partial charge in [0, 0.05) is 30.3 Å². The van der Waals surface area contributed by atoms with E-state index in [2.05, 4.69) is 18.3 Å². The van der Waals surface area contributed by atoms with Gasteiger partial charge in [-0.3, -0.25) is 9.59 Å². The van der Waals surface area contributed by atoms with Gasteiger partial charge in [0.2, 0.25) is 11.8 Å². The Morgan fingerprint density at radius 2 is 1.67 bits per heavy atom. The van der Waals surface area contributed by atoms with E-state index in [0.717, 1.165) is 35.1 Å². The highest BCUT2D eigenvalue weighted by Crippen LogP contribution is 2.20. The van der Waals surface area contributed by atoms with E-state index >= 15 is 0 Å². The molecule has 2 amide bonds. The maximum absolute atomic E-state index is 13.7. The van der Waals surface area contributed by atoms with E-state index in [1.54, 1.807) is 16.7 Å². The van der Waals surface area contributed by atoms with Crippen molar-refractivity contribution in [1.82, 2.24) is 10.2 Å². The molecule has 0 bridgehead atoms. The first-order chi connectivity index (χ1) is 17.5. The molecule has 36 heavy (non-hydrogen) atoms. The Morgan fingerprint density at radius 1 is 0.944 bits per heavy atom. The molecular weight excluding hydrogens is 488 g/mol. The molecular formula is C30H35ClN2O2S. The van der Waals surface area contributed by atoms with Crippen LogP contribution < -0.4 is 5.32 Å². The second kappa shape index (κ2) is 14.7. The highest BCUT2D eigenvalue weighted by Gasteiger charge is 2.30. The fraction of sp³-hybridized carbons (Fsp3) is 0.333. The largest absolute Gasteiger partial charge is 0.354 e. The second-order valence-electron chi connectivity index (χ2n) is 8.98. The van der Waals surface area contributed by atoms with E-state index in [0.29, 0.717) is 30.3 Å². The summed E-state index contributed by atoms with van der Waals surface area (Å²) in [6.45, 7) is 5.13. The Bertz CT molecular complexity index is 1120. The molecule has 1 N–H and O–H groups in total. The molecule has 0 aliphatic rings. The molecule has 190 valence electrons. The number of unbranched alkanes of at least 4 members (excludes halogenated alkanes) is 1. The van der Waals surface area contributed by atoms with Crippen LogP contribution in [-0.4, -0.2) is 35.1 Å². The van der Waals surface area contributed by atoms with Gasteiger partial charge in [-0.15, -0.1) is 11.8 Å². The Labute approximate surface area is 224 Å². The van der Waals surface area contributed by atoms with Crippen LogP contribution in [-0.2, 0) is 28.3 Å². The van der Waals surface area contributed by atoms with Crippen LogP contribution >= 0.6 is 23.4 Å². The zero-order valence-corrected chi connectivity index (χ0v) is 22.7. The lowest BCUT2D eigenvalue weighted by molar-refractivity contribution is -0.139. The zero-order chi connectivity index (χ0) is 25.8. The third-order valence-corrected chi connectivity index (χ3v) is 7.14. The molecule has 3 rings (SSSR count). The average molecular weight is 523 g/mol. The normalized spacial score (nSPS) is 11.6. The van der Waals surface area contributed by atoms with Crippen molar-refractivity contribution in [2.45, 2.75) is 51.4 Å². The first-order valence-corrected chi connectivity index (χ1v) is 14.0. The van der Waals surface area contributed by atoms with E-state index in [1.165, 1.54) is 0 Å². The Morgan fingerprint density at radius 3 is 2.39 bits per heavy atom. The standard InChI is InChI=1S/C30H35ClN2O2S/c1-3-4-16-32-30(35)28(19-24-11-6-5-7-12-24)33(20-25-13-8-10-23(2)17-25)29(34)22-36-21-26-14-9-15-27(31)18-26/h5-15,17-18,28H,3-4,16,19-22H2,1-2H3,(H,32,35). The molecule has 0 fully saturated rings. The SMILES string of the molecule is CCCCNC(=O)C(Cc1ccccc1)N(Cc1cccc(C)c1)C(=O)CSCc1cccc(Cl)c1. The number of rotatable bonds is 13. The predicted octanol–water partition coefficient (Wildman–Crippen LogP) is 6.44. The van der Waals surface area contributed by atoms with Crippen LogP contribution in [0.25, 0.3) is 0 Å². The van der Waals surface area contributed by atoms with Gasteiger partial charge in [0.15, 0.2) is 0 Å². The van der Waals surface area contributed by atoms with Crippen LogP contribution in [0.3, 0.4) is 0 Å². The highest BCUT2D eigenvalue weighted by atomic mass is 35.5. The Hall–Kier alpha value is -2.76. The van der Waals surface area contributed by atoms with Gasteiger partial charge in [0.1, 0.15) is 6.04 Å². The van der Waals surface area contributed by atoms with E-state index in [1.807, 2.05) is 79.7 Å². The molecule has 1 atom stereocenters. The maximum atomic E-state index is 13.7. The van der Waals surface area contributed by atoms with Crippen molar-refractivity contribution >= 4 is 35.2 Å². The lowest BCUT2D eigenvalue weighted by Crippen LogP contribution is -2.51. The quantitative estimate of drug-likeness (QED) is 0.263. The van der Waals surface area contributed by atoms with Gasteiger partial charge in [0.25, 0.3) is 0 Å². The summed E-state index contributed by atoms with van der Waals surface area (Å²) in [5, 5.41) is 3.76. The molecule has 0 saturated heterocycles. The van der Waals surface area contributed by atoms with Gasteiger partial charge in [-0.05, 0) is 42.2 Å². The molecule has 3 aromatic rings. The number of nitrogens with zero attached hydrogens (tertiary/aromatic N) is 1. The number of hydrogen-bond acceptors (Lipinski definition) is 3. The Balaban J connectivity index is 1.83. The third kappa shape index (κ3) is 9.03. The molecule has 0 aliphatic heterocycles. The number of benzene rings is 3. The van der Waals surface area contributed by atoms with Crippen molar-refractivity contribution in [1.29, 1.82) is 0 Å². The summed E-state index contributed by atoms with van der Waals surface area (Å²) in [5.74, 6) is 0.811. The number of hydrogen-bond donors (Lipinski definition) is 1. The molecule has 1 unspecified atom stereocenters. The fourth-order valence-electron chi connectivity index (χ4n) is 4.03. The minimum atomic E-state index is -0.593. The molecule has 0 saturated carbocycles. The van der Waals surface area contributed by atoms with E-state index in [9.17, 15) is 9.59 Å². The van der Waals surface area contributed by atoms with Crippen molar-refractivity contribution in [2.75, 3.05) is 12.3 Å². The number of aryl methyl sites for hydroxylation is 1. The minimum Gasteiger partial charge on any atom is -0.354 e. The third-order valence-electron chi connectivity index (χ3n) is 5.92. The monoisotopic (exact) mass is 522 g/mol. The number of carbonyl (C=O) groups is 2. The minimum absolute atomic E-state index is 0.0462. The van der Waals surface area contributed by atoms with Crippen LogP contribution in [0.2, 0.25) is 5.02 Å². The van der Waals surface area contributed by atoms with Crippen LogP contribution in [0.1, 0.15) is 42.0 Å². The van der Waals surface area contributed by atoms with Gasteiger partial charge in [-0.1, -0.05) is 97.2 Å². The summed E-state index contributed by atoms with van der Waals surface area (Å²) in [6, 6.07) is 25.1. The fourth-order valence-corrected chi connectivity index (χ4v) is 5.10. The van der Waals surface area contributed by atoms with Gasteiger partial charge in [0.05, 0.1) is 5.75 Å². The molecule has 0 radical (unpaired) electrons. The number of amides is 2. The van der Waals surface area contributed by atoms with Crippen LogP contribution in [0, 0.1) is 6.92 Å². The number of halogens is 1. The van der Waals surface area contributed by atoms with Crippen molar-refractivity contribution in [3.63, 3.8) is 0 Å². The van der Waals surface area contributed by atoms with Crippen molar-refractivity contribution in [2.24, 2.45) is 0 Å². The summed E-state index contributed by atoms with van der Waals surface area (Å²) in [7, 11) is 0. The van der Waals surface area contributed by atoms with Gasteiger partial charge in [-0.2, -0.15) is 0 Å². The van der Waals surface area contributed by atoms with Gasteiger partial charge < -0.3 is 10.2 Å². The van der Waals surface area contributed by atoms with Crippen LogP contribution in [0.4, 0.5) is 0 Å². The molecule has 6 heteroatoms. The first kappa shape index (κ1) is 27.8. The molecule has 0 aliphatic carbocycles. The van der Waals surface area contributed by atoms with E-state index in [-0.39, 0.29) is 17.6 Å². The summed E-state index contributed by atoms with van der Waals surface area (Å²) in [4.78, 5) is 28.8. The molecule has 0 heterocycles. The Kier molecular flexibility index (Phi) is 11.4. The van der Waals surface area contributed by atoms with Crippen LogP contribution in [0.15, 0.2) is 78.9 Å². The lowest BCUT2D eigenvalue weighted by Gasteiger charge is -2.31. The van der Waals surface area contributed by atoms with Crippen LogP contribution in [0.5, 0.6) is 0 Å². The topological polar surface area (TPSA) is 49.4 Å². The molecule has 3 aromatic carbocycles.